The van der Waals surface area contributed by atoms with E-state index in [1.165, 1.54) is 0 Å². The molecule has 0 atom stereocenters. The van der Waals surface area contributed by atoms with Crippen LogP contribution in [0.15, 0.2) is 30.4 Å². The Hall–Kier alpha value is -1.48. The molecule has 0 aliphatic carbocycles. The molecule has 0 fully saturated rings. The number of benzene rings is 1. The van der Waals surface area contributed by atoms with Gasteiger partial charge in [0.2, 0.25) is 0 Å². The molecule has 1 rings (SSSR count). The molecule has 98 valence electrons. The van der Waals surface area contributed by atoms with Crippen molar-refractivity contribution in [3.8, 4) is 5.75 Å². The molecular weight excluding hydrogens is 252 g/mol. The van der Waals surface area contributed by atoms with Gasteiger partial charge >= 0.3 is 5.97 Å². The van der Waals surface area contributed by atoms with E-state index < -0.39 is 5.97 Å². The van der Waals surface area contributed by atoms with Crippen LogP contribution in [-0.2, 0) is 11.2 Å². The minimum absolute atomic E-state index is 0.172. The van der Waals surface area contributed by atoms with Crippen LogP contribution >= 0.6 is 11.6 Å². The monoisotopic (exact) mass is 268 g/mol. The minimum Gasteiger partial charge on any atom is -0.488 e. The second kappa shape index (κ2) is 7.07. The lowest BCUT2D eigenvalue weighted by molar-refractivity contribution is -0.137. The standard InChI is InChI=1S/C14H17ClO3/c1-10(2)9-18-13-7-6-11(8-12(13)15)4-3-5-14(16)17/h6-8H,1,3-5,9H2,2H3,(H,16,17). The average molecular weight is 269 g/mol. The Morgan fingerprint density at radius 2 is 2.22 bits per heavy atom. The van der Waals surface area contributed by atoms with Gasteiger partial charge in [0.25, 0.3) is 0 Å². The number of ether oxygens (including phenoxy) is 1. The number of carbonyl (C=O) groups is 1. The molecular formula is C14H17ClO3. The predicted molar refractivity (Wildman–Crippen MR) is 72.3 cm³/mol. The van der Waals surface area contributed by atoms with Gasteiger partial charge in [-0.05, 0) is 43.0 Å². The Balaban J connectivity index is 2.56. The lowest BCUT2D eigenvalue weighted by atomic mass is 10.1. The zero-order chi connectivity index (χ0) is 13.5. The summed E-state index contributed by atoms with van der Waals surface area (Å²) in [5.74, 6) is -0.149. The Bertz CT molecular complexity index is 441. The van der Waals surface area contributed by atoms with Crippen LogP contribution in [-0.4, -0.2) is 17.7 Å². The van der Waals surface area contributed by atoms with Gasteiger partial charge in [-0.2, -0.15) is 0 Å². The number of aryl methyl sites for hydroxylation is 1. The van der Waals surface area contributed by atoms with Crippen LogP contribution < -0.4 is 4.74 Å². The molecule has 0 spiro atoms. The first-order valence-corrected chi connectivity index (χ1v) is 6.14. The lowest BCUT2D eigenvalue weighted by Crippen LogP contribution is -1.99. The van der Waals surface area contributed by atoms with E-state index in [1.807, 2.05) is 19.1 Å². The second-order valence-electron chi connectivity index (χ2n) is 4.26. The zero-order valence-corrected chi connectivity index (χ0v) is 11.2. The predicted octanol–water partition coefficient (Wildman–Crippen LogP) is 3.70. The summed E-state index contributed by atoms with van der Waals surface area (Å²) in [6.45, 7) is 6.08. The number of aliphatic carboxylic acids is 1. The lowest BCUT2D eigenvalue weighted by Gasteiger charge is -2.09. The van der Waals surface area contributed by atoms with Crippen LogP contribution in [0.2, 0.25) is 5.02 Å². The fourth-order valence-electron chi connectivity index (χ4n) is 1.46. The van der Waals surface area contributed by atoms with Crippen LogP contribution in [0.4, 0.5) is 0 Å². The number of hydrogen-bond acceptors (Lipinski definition) is 2. The zero-order valence-electron chi connectivity index (χ0n) is 10.4. The van der Waals surface area contributed by atoms with Gasteiger partial charge < -0.3 is 9.84 Å². The Kier molecular flexibility index (Phi) is 5.72. The van der Waals surface area contributed by atoms with Crippen LogP contribution in [0.3, 0.4) is 0 Å². The Morgan fingerprint density at radius 1 is 1.50 bits per heavy atom. The van der Waals surface area contributed by atoms with Gasteiger partial charge in [-0.1, -0.05) is 24.2 Å². The van der Waals surface area contributed by atoms with Crippen molar-refractivity contribution in [1.82, 2.24) is 0 Å². The van der Waals surface area contributed by atoms with Gasteiger partial charge in [0.15, 0.2) is 0 Å². The van der Waals surface area contributed by atoms with E-state index in [0.717, 1.165) is 11.1 Å². The van der Waals surface area contributed by atoms with Crippen LogP contribution in [0.5, 0.6) is 5.75 Å². The fourth-order valence-corrected chi connectivity index (χ4v) is 1.72. The highest BCUT2D eigenvalue weighted by Gasteiger charge is 2.04. The molecule has 0 radical (unpaired) electrons. The molecule has 0 amide bonds. The van der Waals surface area contributed by atoms with E-state index in [-0.39, 0.29) is 6.42 Å². The Morgan fingerprint density at radius 3 is 2.78 bits per heavy atom. The molecule has 0 aliphatic heterocycles. The molecule has 1 aromatic rings. The van der Waals surface area contributed by atoms with Crippen LogP contribution in [0, 0.1) is 0 Å². The van der Waals surface area contributed by atoms with E-state index in [0.29, 0.717) is 30.2 Å². The number of rotatable bonds is 7. The normalized spacial score (nSPS) is 10.1. The molecule has 3 nitrogen and oxygen atoms in total. The van der Waals surface area contributed by atoms with E-state index in [1.54, 1.807) is 6.07 Å². The topological polar surface area (TPSA) is 46.5 Å². The van der Waals surface area contributed by atoms with Crippen molar-refractivity contribution < 1.29 is 14.6 Å². The number of halogens is 1. The molecule has 0 saturated carbocycles. The number of carboxylic acids is 1. The third-order valence-electron chi connectivity index (χ3n) is 2.33. The molecule has 1 aromatic carbocycles. The SMILES string of the molecule is C=C(C)COc1ccc(CCCC(=O)O)cc1Cl. The molecule has 0 saturated heterocycles. The quantitative estimate of drug-likeness (QED) is 0.767. The number of hydrogen-bond donors (Lipinski definition) is 1. The highest BCUT2D eigenvalue weighted by molar-refractivity contribution is 6.32. The average Bonchev–Trinajstić information content (AvgIpc) is 2.27. The van der Waals surface area contributed by atoms with Crippen molar-refractivity contribution in [3.05, 3.63) is 40.9 Å². The first-order chi connectivity index (χ1) is 8.49. The highest BCUT2D eigenvalue weighted by atomic mass is 35.5. The molecule has 0 bridgehead atoms. The van der Waals surface area contributed by atoms with Crippen molar-refractivity contribution in [1.29, 1.82) is 0 Å². The van der Waals surface area contributed by atoms with Gasteiger partial charge in [-0.25, -0.2) is 0 Å². The molecule has 0 aliphatic rings. The van der Waals surface area contributed by atoms with Crippen molar-refractivity contribution in [2.24, 2.45) is 0 Å². The molecule has 1 N–H and O–H groups in total. The van der Waals surface area contributed by atoms with Crippen molar-refractivity contribution in [3.63, 3.8) is 0 Å². The van der Waals surface area contributed by atoms with Crippen LogP contribution in [0.25, 0.3) is 0 Å². The molecule has 0 aromatic heterocycles. The second-order valence-corrected chi connectivity index (χ2v) is 4.67. The van der Waals surface area contributed by atoms with Gasteiger partial charge in [-0.3, -0.25) is 4.79 Å². The molecule has 18 heavy (non-hydrogen) atoms. The highest BCUT2D eigenvalue weighted by Crippen LogP contribution is 2.26. The minimum atomic E-state index is -0.775. The van der Waals surface area contributed by atoms with E-state index in [2.05, 4.69) is 6.58 Å². The summed E-state index contributed by atoms with van der Waals surface area (Å²) in [6, 6.07) is 5.53. The maximum Gasteiger partial charge on any atom is 0.303 e. The van der Waals surface area contributed by atoms with Crippen molar-refractivity contribution in [2.45, 2.75) is 26.2 Å². The largest absolute Gasteiger partial charge is 0.488 e. The summed E-state index contributed by atoms with van der Waals surface area (Å²) in [6.07, 6.45) is 1.48. The van der Waals surface area contributed by atoms with Crippen molar-refractivity contribution in [2.75, 3.05) is 6.61 Å². The fraction of sp³-hybridized carbons (Fsp3) is 0.357. The third-order valence-corrected chi connectivity index (χ3v) is 2.62. The first-order valence-electron chi connectivity index (χ1n) is 5.76. The third kappa shape index (κ3) is 5.23. The summed E-state index contributed by atoms with van der Waals surface area (Å²) in [4.78, 5) is 10.4. The summed E-state index contributed by atoms with van der Waals surface area (Å²) in [7, 11) is 0. The summed E-state index contributed by atoms with van der Waals surface area (Å²) >= 11 is 6.08. The Labute approximate surface area is 112 Å². The number of carboxylic acid groups (broad SMARTS) is 1. The van der Waals surface area contributed by atoms with E-state index in [4.69, 9.17) is 21.4 Å². The maximum absolute atomic E-state index is 10.4. The smallest absolute Gasteiger partial charge is 0.303 e. The van der Waals surface area contributed by atoms with Gasteiger partial charge in [0.05, 0.1) is 5.02 Å². The van der Waals surface area contributed by atoms with E-state index in [9.17, 15) is 4.79 Å². The molecule has 0 unspecified atom stereocenters. The molecule has 4 heteroatoms. The van der Waals surface area contributed by atoms with Crippen LogP contribution in [0.1, 0.15) is 25.3 Å². The van der Waals surface area contributed by atoms with Crippen molar-refractivity contribution >= 4 is 17.6 Å². The summed E-state index contributed by atoms with van der Waals surface area (Å²) in [5, 5.41) is 9.10. The van der Waals surface area contributed by atoms with Gasteiger partial charge in [-0.15, -0.1) is 0 Å². The molecule has 0 heterocycles. The van der Waals surface area contributed by atoms with Gasteiger partial charge in [0, 0.05) is 6.42 Å². The van der Waals surface area contributed by atoms with Gasteiger partial charge in [0.1, 0.15) is 12.4 Å². The summed E-state index contributed by atoms with van der Waals surface area (Å²) in [5.41, 5.74) is 1.94. The first kappa shape index (κ1) is 14.6. The maximum atomic E-state index is 10.4. The summed E-state index contributed by atoms with van der Waals surface area (Å²) < 4.78 is 5.47. The van der Waals surface area contributed by atoms with E-state index >= 15 is 0 Å².